The summed E-state index contributed by atoms with van der Waals surface area (Å²) in [7, 11) is 1.62. The molecule has 1 aromatic heterocycles. The Kier molecular flexibility index (Phi) is 7.00. The zero-order valence-electron chi connectivity index (χ0n) is 16.5. The van der Waals surface area contributed by atoms with Gasteiger partial charge in [-0.2, -0.15) is 5.10 Å². The molecule has 0 unspecified atom stereocenters. The first-order chi connectivity index (χ1) is 14.1. The fraction of sp³-hybridized carbons (Fsp3) is 0.300. The van der Waals surface area contributed by atoms with Crippen LogP contribution >= 0.6 is 23.8 Å². The normalized spacial score (nSPS) is 10.6. The highest BCUT2D eigenvalue weighted by Crippen LogP contribution is 2.34. The summed E-state index contributed by atoms with van der Waals surface area (Å²) in [4.78, 5) is 0. The van der Waals surface area contributed by atoms with Crippen LogP contribution in [0.25, 0.3) is 11.4 Å². The number of nitrogens with one attached hydrogen (secondary N) is 2. The fourth-order valence-corrected chi connectivity index (χ4v) is 3.28. The van der Waals surface area contributed by atoms with E-state index in [0.29, 0.717) is 52.6 Å². The Hall–Kier alpha value is -2.71. The van der Waals surface area contributed by atoms with Crippen LogP contribution in [-0.2, 0) is 6.54 Å². The number of aromatic amines is 1. The van der Waals surface area contributed by atoms with Gasteiger partial charge in [0.25, 0.3) is 0 Å². The number of nitrogens with zero attached hydrogens (tertiary/aromatic N) is 2. The standard InChI is InChI=1S/C20H23ClN4O3S/c1-4-27-17-10-13(15(21)11-18(17)28-5-2)12-22-25-19(23-24-20(25)29)14-8-6-7-9-16(14)26-3/h6-11,22H,4-5,12H2,1-3H3,(H,24,29). The number of hydrogen-bond acceptors (Lipinski definition) is 6. The van der Waals surface area contributed by atoms with Gasteiger partial charge in [0.2, 0.25) is 4.77 Å². The summed E-state index contributed by atoms with van der Waals surface area (Å²) in [6.45, 7) is 5.30. The molecule has 154 valence electrons. The summed E-state index contributed by atoms with van der Waals surface area (Å²) in [5.41, 5.74) is 4.92. The molecule has 0 aliphatic heterocycles. The molecule has 29 heavy (non-hydrogen) atoms. The van der Waals surface area contributed by atoms with Gasteiger partial charge < -0.3 is 19.6 Å². The van der Waals surface area contributed by atoms with Crippen molar-refractivity contribution < 1.29 is 14.2 Å². The minimum atomic E-state index is 0.404. The van der Waals surface area contributed by atoms with Gasteiger partial charge in [-0.3, -0.25) is 0 Å². The average molecular weight is 435 g/mol. The molecule has 1 heterocycles. The number of halogens is 1. The van der Waals surface area contributed by atoms with Gasteiger partial charge in [-0.15, -0.1) is 0 Å². The highest BCUT2D eigenvalue weighted by molar-refractivity contribution is 7.71. The summed E-state index contributed by atoms with van der Waals surface area (Å²) < 4.78 is 18.9. The van der Waals surface area contributed by atoms with E-state index in [2.05, 4.69) is 15.6 Å². The van der Waals surface area contributed by atoms with Gasteiger partial charge in [0.1, 0.15) is 5.75 Å². The highest BCUT2D eigenvalue weighted by atomic mass is 35.5. The minimum absolute atomic E-state index is 0.404. The Bertz CT molecular complexity index is 1030. The van der Waals surface area contributed by atoms with Crippen LogP contribution in [0.15, 0.2) is 36.4 Å². The fourth-order valence-electron chi connectivity index (χ4n) is 2.87. The molecule has 2 N–H and O–H groups in total. The number of H-pyrrole nitrogens is 1. The van der Waals surface area contributed by atoms with Crippen molar-refractivity contribution in [2.75, 3.05) is 25.7 Å². The molecular weight excluding hydrogens is 412 g/mol. The quantitative estimate of drug-likeness (QED) is 0.471. The van der Waals surface area contributed by atoms with Gasteiger partial charge >= 0.3 is 0 Å². The summed E-state index contributed by atoms with van der Waals surface area (Å²) in [6.07, 6.45) is 0. The first kappa shape index (κ1) is 21.0. The molecule has 0 bridgehead atoms. The van der Waals surface area contributed by atoms with E-state index in [4.69, 9.17) is 38.0 Å². The van der Waals surface area contributed by atoms with E-state index in [1.807, 2.05) is 44.2 Å². The van der Waals surface area contributed by atoms with Crippen molar-refractivity contribution in [1.29, 1.82) is 0 Å². The van der Waals surface area contributed by atoms with Crippen molar-refractivity contribution in [3.05, 3.63) is 51.8 Å². The van der Waals surface area contributed by atoms with Crippen molar-refractivity contribution in [2.24, 2.45) is 0 Å². The second kappa shape index (κ2) is 9.67. The van der Waals surface area contributed by atoms with Crippen molar-refractivity contribution >= 4 is 23.8 Å². The SMILES string of the molecule is CCOc1cc(Cl)c(CNn2c(-c3ccccc3OC)n[nH]c2=S)cc1OCC. The zero-order valence-corrected chi connectivity index (χ0v) is 18.1. The number of hydrogen-bond donors (Lipinski definition) is 2. The Balaban J connectivity index is 1.90. The van der Waals surface area contributed by atoms with E-state index < -0.39 is 0 Å². The van der Waals surface area contributed by atoms with E-state index in [-0.39, 0.29) is 0 Å². The molecule has 0 spiro atoms. The minimum Gasteiger partial charge on any atom is -0.496 e. The second-order valence-electron chi connectivity index (χ2n) is 5.98. The Morgan fingerprint density at radius 3 is 2.48 bits per heavy atom. The van der Waals surface area contributed by atoms with E-state index in [0.717, 1.165) is 11.1 Å². The van der Waals surface area contributed by atoms with Crippen molar-refractivity contribution in [3.63, 3.8) is 0 Å². The molecule has 0 atom stereocenters. The third-order valence-electron chi connectivity index (χ3n) is 4.16. The van der Waals surface area contributed by atoms with Crippen LogP contribution in [0.3, 0.4) is 0 Å². The van der Waals surface area contributed by atoms with Gasteiger partial charge in [0.05, 0.1) is 32.4 Å². The molecule has 0 aliphatic carbocycles. The van der Waals surface area contributed by atoms with Gasteiger partial charge in [0.15, 0.2) is 17.3 Å². The number of para-hydroxylation sites is 1. The molecule has 0 aliphatic rings. The van der Waals surface area contributed by atoms with Crippen molar-refractivity contribution in [1.82, 2.24) is 14.9 Å². The molecule has 3 aromatic rings. The van der Waals surface area contributed by atoms with Crippen LogP contribution in [0, 0.1) is 4.77 Å². The summed E-state index contributed by atoms with van der Waals surface area (Å²) in [5.74, 6) is 2.58. The Morgan fingerprint density at radius 1 is 1.10 bits per heavy atom. The summed E-state index contributed by atoms with van der Waals surface area (Å²) in [6, 6.07) is 11.2. The largest absolute Gasteiger partial charge is 0.496 e. The van der Waals surface area contributed by atoms with Gasteiger partial charge in [-0.1, -0.05) is 23.7 Å². The van der Waals surface area contributed by atoms with E-state index >= 15 is 0 Å². The van der Waals surface area contributed by atoms with Crippen LogP contribution in [-0.4, -0.2) is 35.2 Å². The van der Waals surface area contributed by atoms with Gasteiger partial charge in [0, 0.05) is 11.1 Å². The lowest BCUT2D eigenvalue weighted by molar-refractivity contribution is 0.287. The van der Waals surface area contributed by atoms with Crippen molar-refractivity contribution in [2.45, 2.75) is 20.4 Å². The predicted octanol–water partition coefficient (Wildman–Crippen LogP) is 4.81. The van der Waals surface area contributed by atoms with Crippen LogP contribution in [0.1, 0.15) is 19.4 Å². The molecule has 9 heteroatoms. The Labute approximate surface area is 179 Å². The predicted molar refractivity (Wildman–Crippen MR) is 116 cm³/mol. The number of ether oxygens (including phenoxy) is 3. The molecule has 2 aromatic carbocycles. The van der Waals surface area contributed by atoms with E-state index in [1.54, 1.807) is 17.9 Å². The molecule has 0 radical (unpaired) electrons. The van der Waals surface area contributed by atoms with Gasteiger partial charge in [-0.25, -0.2) is 9.77 Å². The monoisotopic (exact) mass is 434 g/mol. The smallest absolute Gasteiger partial charge is 0.214 e. The maximum absolute atomic E-state index is 6.47. The van der Waals surface area contributed by atoms with Crippen LogP contribution in [0.2, 0.25) is 5.02 Å². The highest BCUT2D eigenvalue weighted by Gasteiger charge is 2.15. The molecule has 0 amide bonds. The van der Waals surface area contributed by atoms with Gasteiger partial charge in [-0.05, 0) is 49.8 Å². The van der Waals surface area contributed by atoms with Crippen LogP contribution in [0.5, 0.6) is 17.2 Å². The molecule has 0 fully saturated rings. The lowest BCUT2D eigenvalue weighted by atomic mass is 10.2. The first-order valence-corrected chi connectivity index (χ1v) is 10.00. The first-order valence-electron chi connectivity index (χ1n) is 9.21. The number of aromatic nitrogens is 3. The molecule has 0 saturated heterocycles. The lowest BCUT2D eigenvalue weighted by Crippen LogP contribution is -2.16. The molecule has 7 nitrogen and oxygen atoms in total. The van der Waals surface area contributed by atoms with E-state index in [9.17, 15) is 0 Å². The van der Waals surface area contributed by atoms with Crippen LogP contribution in [0.4, 0.5) is 0 Å². The number of rotatable bonds is 9. The maximum atomic E-state index is 6.47. The lowest BCUT2D eigenvalue weighted by Gasteiger charge is -2.16. The molecule has 0 saturated carbocycles. The molecule has 3 rings (SSSR count). The third-order valence-corrected chi connectivity index (χ3v) is 4.79. The number of benzene rings is 2. The second-order valence-corrected chi connectivity index (χ2v) is 6.77. The zero-order chi connectivity index (χ0) is 20.8. The Morgan fingerprint density at radius 2 is 1.79 bits per heavy atom. The van der Waals surface area contributed by atoms with Crippen molar-refractivity contribution in [3.8, 4) is 28.6 Å². The maximum Gasteiger partial charge on any atom is 0.214 e. The third kappa shape index (κ3) is 4.65. The summed E-state index contributed by atoms with van der Waals surface area (Å²) >= 11 is 11.9. The number of methoxy groups -OCH3 is 1. The van der Waals surface area contributed by atoms with E-state index in [1.165, 1.54) is 0 Å². The molecular formula is C20H23ClN4O3S. The summed E-state index contributed by atoms with van der Waals surface area (Å²) in [5, 5.41) is 7.72. The topological polar surface area (TPSA) is 73.3 Å². The average Bonchev–Trinajstić information content (AvgIpc) is 3.09. The van der Waals surface area contributed by atoms with Crippen LogP contribution < -0.4 is 19.6 Å².